The predicted octanol–water partition coefficient (Wildman–Crippen LogP) is 2.51. The number of carbonyl (C=O) groups excluding carboxylic acids is 1. The maximum absolute atomic E-state index is 11.8. The Bertz CT molecular complexity index is 316. The molecule has 2 aliphatic rings. The second-order valence-electron chi connectivity index (χ2n) is 4.13. The molecule has 68 valence electrons. The Kier molecular flexibility index (Phi) is 1.40. The molecule has 1 aromatic heterocycles. The fourth-order valence-electron chi connectivity index (χ4n) is 2.79. The zero-order valence-corrected chi connectivity index (χ0v) is 7.40. The summed E-state index contributed by atoms with van der Waals surface area (Å²) in [6.07, 6.45) is 5.40. The van der Waals surface area contributed by atoms with Crippen molar-refractivity contribution in [3.05, 3.63) is 24.2 Å². The molecule has 0 saturated heterocycles. The fourth-order valence-corrected chi connectivity index (χ4v) is 2.79. The van der Waals surface area contributed by atoms with E-state index in [9.17, 15) is 4.79 Å². The van der Waals surface area contributed by atoms with Gasteiger partial charge in [-0.1, -0.05) is 6.42 Å². The molecular weight excluding hydrogens is 164 g/mol. The molecule has 2 heteroatoms. The van der Waals surface area contributed by atoms with Crippen LogP contribution in [0.15, 0.2) is 22.8 Å². The van der Waals surface area contributed by atoms with E-state index in [1.54, 1.807) is 18.4 Å². The second-order valence-corrected chi connectivity index (χ2v) is 4.13. The zero-order chi connectivity index (χ0) is 8.84. The van der Waals surface area contributed by atoms with Crippen molar-refractivity contribution in [2.75, 3.05) is 0 Å². The number of fused-ring (bicyclic) bond motifs is 1. The van der Waals surface area contributed by atoms with Gasteiger partial charge in [0.25, 0.3) is 0 Å². The summed E-state index contributed by atoms with van der Waals surface area (Å²) in [5.41, 5.74) is 0. The van der Waals surface area contributed by atoms with Crippen LogP contribution in [0.3, 0.4) is 0 Å². The first kappa shape index (κ1) is 7.36. The lowest BCUT2D eigenvalue weighted by atomic mass is 10.1. The summed E-state index contributed by atoms with van der Waals surface area (Å²) in [7, 11) is 0. The van der Waals surface area contributed by atoms with Gasteiger partial charge in [-0.2, -0.15) is 0 Å². The third-order valence-electron chi connectivity index (χ3n) is 3.47. The SMILES string of the molecule is O=C(c1ccco1)C1C2CCCC21. The van der Waals surface area contributed by atoms with Gasteiger partial charge in [0.2, 0.25) is 5.78 Å². The quantitative estimate of drug-likeness (QED) is 0.648. The van der Waals surface area contributed by atoms with Gasteiger partial charge in [-0.15, -0.1) is 0 Å². The largest absolute Gasteiger partial charge is 0.461 e. The molecule has 0 aromatic carbocycles. The van der Waals surface area contributed by atoms with Gasteiger partial charge in [0.1, 0.15) is 0 Å². The number of hydrogen-bond donors (Lipinski definition) is 0. The highest BCUT2D eigenvalue weighted by atomic mass is 16.3. The number of furan rings is 1. The van der Waals surface area contributed by atoms with Crippen LogP contribution in [-0.2, 0) is 0 Å². The van der Waals surface area contributed by atoms with E-state index in [0.717, 1.165) is 0 Å². The Morgan fingerprint density at radius 2 is 2.15 bits per heavy atom. The minimum absolute atomic E-state index is 0.236. The van der Waals surface area contributed by atoms with Gasteiger partial charge in [0, 0.05) is 5.92 Å². The lowest BCUT2D eigenvalue weighted by Gasteiger charge is -1.98. The van der Waals surface area contributed by atoms with Gasteiger partial charge in [0.15, 0.2) is 5.76 Å². The minimum Gasteiger partial charge on any atom is -0.461 e. The predicted molar refractivity (Wildman–Crippen MR) is 47.4 cm³/mol. The van der Waals surface area contributed by atoms with Gasteiger partial charge in [0.05, 0.1) is 6.26 Å². The van der Waals surface area contributed by atoms with Crippen LogP contribution in [0.2, 0.25) is 0 Å². The zero-order valence-electron chi connectivity index (χ0n) is 7.40. The van der Waals surface area contributed by atoms with Crippen molar-refractivity contribution in [3.63, 3.8) is 0 Å². The maximum atomic E-state index is 11.8. The van der Waals surface area contributed by atoms with Crippen molar-refractivity contribution >= 4 is 5.78 Å². The number of carbonyl (C=O) groups is 1. The Morgan fingerprint density at radius 3 is 2.77 bits per heavy atom. The molecule has 2 fully saturated rings. The third-order valence-corrected chi connectivity index (χ3v) is 3.47. The van der Waals surface area contributed by atoms with Crippen molar-refractivity contribution in [2.24, 2.45) is 17.8 Å². The van der Waals surface area contributed by atoms with Gasteiger partial charge in [-0.3, -0.25) is 4.79 Å². The Balaban J connectivity index is 1.78. The summed E-state index contributed by atoms with van der Waals surface area (Å²) in [6.45, 7) is 0. The summed E-state index contributed by atoms with van der Waals surface area (Å²) in [6, 6.07) is 3.56. The fraction of sp³-hybridized carbons (Fsp3) is 0.545. The molecule has 0 spiro atoms. The lowest BCUT2D eigenvalue weighted by Crippen LogP contribution is -2.04. The van der Waals surface area contributed by atoms with E-state index in [-0.39, 0.29) is 5.78 Å². The molecule has 0 radical (unpaired) electrons. The van der Waals surface area contributed by atoms with E-state index in [1.807, 2.05) is 0 Å². The Labute approximate surface area is 76.9 Å². The Hall–Kier alpha value is -1.05. The molecule has 2 nitrogen and oxygen atoms in total. The van der Waals surface area contributed by atoms with Crippen molar-refractivity contribution in [1.82, 2.24) is 0 Å². The molecule has 2 aliphatic carbocycles. The topological polar surface area (TPSA) is 30.2 Å². The van der Waals surface area contributed by atoms with Crippen LogP contribution in [0.5, 0.6) is 0 Å². The van der Waals surface area contributed by atoms with Gasteiger partial charge in [-0.05, 0) is 36.8 Å². The average molecular weight is 176 g/mol. The van der Waals surface area contributed by atoms with E-state index in [1.165, 1.54) is 19.3 Å². The third kappa shape index (κ3) is 0.978. The first-order valence-corrected chi connectivity index (χ1v) is 4.95. The highest BCUT2D eigenvalue weighted by Crippen LogP contribution is 2.58. The minimum atomic E-state index is 0.236. The summed E-state index contributed by atoms with van der Waals surface area (Å²) < 4.78 is 5.11. The molecule has 3 rings (SSSR count). The molecule has 1 aromatic rings. The molecule has 13 heavy (non-hydrogen) atoms. The van der Waals surface area contributed by atoms with Gasteiger partial charge < -0.3 is 4.42 Å². The molecule has 0 bridgehead atoms. The smallest absolute Gasteiger partial charge is 0.201 e. The van der Waals surface area contributed by atoms with Crippen molar-refractivity contribution in [2.45, 2.75) is 19.3 Å². The van der Waals surface area contributed by atoms with Crippen LogP contribution < -0.4 is 0 Å². The van der Waals surface area contributed by atoms with Crippen LogP contribution in [-0.4, -0.2) is 5.78 Å². The molecule has 0 aliphatic heterocycles. The molecule has 0 N–H and O–H groups in total. The first-order chi connectivity index (χ1) is 6.38. The van der Waals surface area contributed by atoms with Gasteiger partial charge in [-0.25, -0.2) is 0 Å². The van der Waals surface area contributed by atoms with Crippen LogP contribution in [0.4, 0.5) is 0 Å². The van der Waals surface area contributed by atoms with Crippen LogP contribution in [0, 0.1) is 17.8 Å². The van der Waals surface area contributed by atoms with Crippen LogP contribution in [0.1, 0.15) is 29.8 Å². The maximum Gasteiger partial charge on any atom is 0.201 e. The van der Waals surface area contributed by atoms with E-state index in [0.29, 0.717) is 23.5 Å². The summed E-state index contributed by atoms with van der Waals surface area (Å²) >= 11 is 0. The summed E-state index contributed by atoms with van der Waals surface area (Å²) in [5, 5.41) is 0. The molecule has 2 atom stereocenters. The molecule has 1 heterocycles. The summed E-state index contributed by atoms with van der Waals surface area (Å²) in [5.74, 6) is 2.48. The second kappa shape index (κ2) is 2.47. The van der Waals surface area contributed by atoms with E-state index >= 15 is 0 Å². The van der Waals surface area contributed by atoms with Crippen molar-refractivity contribution in [3.8, 4) is 0 Å². The molecule has 0 amide bonds. The van der Waals surface area contributed by atoms with Crippen molar-refractivity contribution in [1.29, 1.82) is 0 Å². The van der Waals surface area contributed by atoms with Gasteiger partial charge >= 0.3 is 0 Å². The highest BCUT2D eigenvalue weighted by Gasteiger charge is 2.56. The lowest BCUT2D eigenvalue weighted by molar-refractivity contribution is 0.0924. The van der Waals surface area contributed by atoms with Crippen LogP contribution >= 0.6 is 0 Å². The monoisotopic (exact) mass is 176 g/mol. The Morgan fingerprint density at radius 1 is 1.38 bits per heavy atom. The molecule has 2 saturated carbocycles. The standard InChI is InChI=1S/C11H12O2/c12-11(9-5-2-6-13-9)10-7-3-1-4-8(7)10/h2,5-8,10H,1,3-4H2. The first-order valence-electron chi connectivity index (χ1n) is 4.95. The normalized spacial score (nSPS) is 35.8. The average Bonchev–Trinajstić information content (AvgIpc) is 2.68. The van der Waals surface area contributed by atoms with Crippen LogP contribution in [0.25, 0.3) is 0 Å². The van der Waals surface area contributed by atoms with E-state index in [2.05, 4.69) is 0 Å². The number of rotatable bonds is 2. The number of ketones is 1. The van der Waals surface area contributed by atoms with E-state index in [4.69, 9.17) is 4.42 Å². The molecular formula is C11H12O2. The number of Topliss-reactive ketones (excluding diaryl/α,β-unsaturated/α-hetero) is 1. The summed E-state index contributed by atoms with van der Waals surface area (Å²) in [4.78, 5) is 11.8. The highest BCUT2D eigenvalue weighted by molar-refractivity contribution is 5.97. The molecule has 2 unspecified atom stereocenters. The van der Waals surface area contributed by atoms with Crippen molar-refractivity contribution < 1.29 is 9.21 Å². The number of hydrogen-bond acceptors (Lipinski definition) is 2. The van der Waals surface area contributed by atoms with E-state index < -0.39 is 0 Å².